The minimum Gasteiger partial charge on any atom is -0.369 e. The fourth-order valence-corrected chi connectivity index (χ4v) is 4.96. The van der Waals surface area contributed by atoms with Crippen LogP contribution in [0.4, 0.5) is 0 Å². The molecular formula is C26H57N3O2. The predicted molar refractivity (Wildman–Crippen MR) is 135 cm³/mol. The van der Waals surface area contributed by atoms with Crippen LogP contribution in [0.5, 0.6) is 0 Å². The summed E-state index contributed by atoms with van der Waals surface area (Å²) >= 11 is 0. The van der Waals surface area contributed by atoms with E-state index in [-0.39, 0.29) is 38.9 Å². The topological polar surface area (TPSA) is 73.7 Å². The highest BCUT2D eigenvalue weighted by Gasteiger charge is 2.46. The first-order valence-corrected chi connectivity index (χ1v) is 11.9. The fourth-order valence-electron chi connectivity index (χ4n) is 4.96. The molecule has 0 aromatic heterocycles. The van der Waals surface area contributed by atoms with Crippen molar-refractivity contribution in [2.45, 2.75) is 138 Å². The maximum atomic E-state index is 6.78. The Balaban J connectivity index is 5.41. The van der Waals surface area contributed by atoms with E-state index in [1.54, 1.807) is 0 Å². The largest absolute Gasteiger partial charge is 0.369 e. The van der Waals surface area contributed by atoms with Gasteiger partial charge in [-0.1, -0.05) is 27.7 Å². The van der Waals surface area contributed by atoms with Gasteiger partial charge in [0.25, 0.3) is 0 Å². The average molecular weight is 444 g/mol. The molecule has 31 heavy (non-hydrogen) atoms. The van der Waals surface area contributed by atoms with Crippen molar-refractivity contribution >= 4 is 0 Å². The van der Waals surface area contributed by atoms with Crippen LogP contribution in [-0.2, 0) is 9.47 Å². The van der Waals surface area contributed by atoms with Gasteiger partial charge in [-0.15, -0.1) is 0 Å². The number of hydrogen-bond donors (Lipinski definition) is 2. The van der Waals surface area contributed by atoms with Gasteiger partial charge >= 0.3 is 0 Å². The lowest BCUT2D eigenvalue weighted by molar-refractivity contribution is -0.211. The molecular weight excluding hydrogens is 386 g/mol. The van der Waals surface area contributed by atoms with Gasteiger partial charge in [0.1, 0.15) is 0 Å². The molecule has 0 spiro atoms. The Kier molecular flexibility index (Phi) is 9.52. The van der Waals surface area contributed by atoms with Gasteiger partial charge in [-0.3, -0.25) is 4.90 Å². The average Bonchev–Trinajstić information content (AvgIpc) is 2.40. The summed E-state index contributed by atoms with van der Waals surface area (Å²) in [5, 5.41) is 0. The molecule has 0 aliphatic rings. The molecule has 0 rings (SSSR count). The second-order valence-corrected chi connectivity index (χ2v) is 14.1. The minimum atomic E-state index is -0.386. The number of nitrogens with two attached hydrogens (primary N) is 2. The van der Waals surface area contributed by atoms with Crippen LogP contribution in [0.3, 0.4) is 0 Å². The lowest BCUT2D eigenvalue weighted by atomic mass is 9.69. The summed E-state index contributed by atoms with van der Waals surface area (Å²) in [4.78, 5) is 2.14. The normalized spacial score (nSPS) is 15.7. The first-order valence-electron chi connectivity index (χ1n) is 11.9. The number of ether oxygens (including phenoxy) is 2. The number of rotatable bonds is 13. The molecule has 0 aromatic rings. The van der Waals surface area contributed by atoms with Crippen molar-refractivity contribution in [3.05, 3.63) is 0 Å². The van der Waals surface area contributed by atoms with Gasteiger partial charge in [0.05, 0.1) is 28.1 Å². The molecule has 0 saturated carbocycles. The Hall–Kier alpha value is -0.200. The van der Waals surface area contributed by atoms with E-state index in [1.165, 1.54) is 0 Å². The third kappa shape index (κ3) is 10.5. The first kappa shape index (κ1) is 30.8. The summed E-state index contributed by atoms with van der Waals surface area (Å²) in [6, 6.07) is 0. The molecule has 0 atom stereocenters. The smallest absolute Gasteiger partial charge is 0.0760 e. The van der Waals surface area contributed by atoms with Crippen LogP contribution in [-0.4, -0.2) is 53.1 Å². The molecule has 0 amide bonds. The van der Waals surface area contributed by atoms with Crippen LogP contribution in [0, 0.1) is 10.8 Å². The van der Waals surface area contributed by atoms with Crippen molar-refractivity contribution in [1.29, 1.82) is 0 Å². The van der Waals surface area contributed by atoms with Crippen LogP contribution < -0.4 is 11.5 Å². The highest BCUT2D eigenvalue weighted by Crippen LogP contribution is 2.45. The summed E-state index contributed by atoms with van der Waals surface area (Å²) in [7, 11) is 2.05. The van der Waals surface area contributed by atoms with Crippen molar-refractivity contribution in [2.24, 2.45) is 22.3 Å². The lowest BCUT2D eigenvalue weighted by Crippen LogP contribution is -2.56. The Bertz CT molecular complexity index is 570. The van der Waals surface area contributed by atoms with Crippen molar-refractivity contribution < 1.29 is 9.47 Å². The summed E-state index contributed by atoms with van der Waals surface area (Å²) in [5.41, 5.74) is 10.5. The highest BCUT2D eigenvalue weighted by molar-refractivity contribution is 4.96. The van der Waals surface area contributed by atoms with Crippen LogP contribution in [0.2, 0.25) is 0 Å². The third-order valence-electron chi connectivity index (χ3n) is 6.64. The van der Waals surface area contributed by atoms with E-state index in [0.717, 1.165) is 19.4 Å². The molecule has 0 radical (unpaired) electrons. The standard InChI is InChI=1S/C26H57N3O2/c1-20(2,18-27)16-22(5,6)31-25(11,12)21(3,4)17-23(7,8)30-24(9,10)19-29(15)26(13,14)28/h16-19,27-28H2,1-15H3. The molecule has 0 fully saturated rings. The van der Waals surface area contributed by atoms with Gasteiger partial charge in [0.15, 0.2) is 0 Å². The molecule has 5 nitrogen and oxygen atoms in total. The Morgan fingerprint density at radius 3 is 1.45 bits per heavy atom. The number of likely N-dealkylation sites (N-methyl/N-ethyl adjacent to an activating group) is 1. The van der Waals surface area contributed by atoms with Gasteiger partial charge in [-0.2, -0.15) is 0 Å². The zero-order valence-corrected chi connectivity index (χ0v) is 23.7. The van der Waals surface area contributed by atoms with E-state index in [4.69, 9.17) is 20.9 Å². The summed E-state index contributed by atoms with van der Waals surface area (Å²) in [5.74, 6) is 0. The Morgan fingerprint density at radius 2 is 1.06 bits per heavy atom. The van der Waals surface area contributed by atoms with Crippen LogP contribution in [0.15, 0.2) is 0 Å². The number of nitrogens with zero attached hydrogens (tertiary/aromatic N) is 1. The molecule has 5 heteroatoms. The molecule has 0 unspecified atom stereocenters. The van der Waals surface area contributed by atoms with Crippen LogP contribution in [0.25, 0.3) is 0 Å². The fraction of sp³-hybridized carbons (Fsp3) is 1.00. The van der Waals surface area contributed by atoms with E-state index in [0.29, 0.717) is 6.54 Å². The molecule has 188 valence electrons. The Morgan fingerprint density at radius 1 is 0.645 bits per heavy atom. The zero-order valence-electron chi connectivity index (χ0n) is 23.7. The van der Waals surface area contributed by atoms with Gasteiger partial charge in [0, 0.05) is 6.54 Å². The quantitative estimate of drug-likeness (QED) is 0.365. The molecule has 4 N–H and O–H groups in total. The van der Waals surface area contributed by atoms with E-state index in [2.05, 4.69) is 88.0 Å². The van der Waals surface area contributed by atoms with Gasteiger partial charge < -0.3 is 20.9 Å². The Labute approximate surface area is 195 Å². The second kappa shape index (κ2) is 9.58. The van der Waals surface area contributed by atoms with E-state index >= 15 is 0 Å². The second-order valence-electron chi connectivity index (χ2n) is 14.1. The van der Waals surface area contributed by atoms with E-state index < -0.39 is 0 Å². The van der Waals surface area contributed by atoms with Gasteiger partial charge in [-0.05, 0) is 107 Å². The van der Waals surface area contributed by atoms with E-state index in [1.807, 2.05) is 20.9 Å². The van der Waals surface area contributed by atoms with Crippen molar-refractivity contribution in [1.82, 2.24) is 4.90 Å². The predicted octanol–water partition coefficient (Wildman–Crippen LogP) is 5.55. The highest BCUT2D eigenvalue weighted by atomic mass is 16.5. The van der Waals surface area contributed by atoms with Crippen molar-refractivity contribution in [3.8, 4) is 0 Å². The van der Waals surface area contributed by atoms with Gasteiger partial charge in [-0.25, -0.2) is 0 Å². The first-order chi connectivity index (χ1) is 13.3. The lowest BCUT2D eigenvalue weighted by Gasteiger charge is -2.51. The van der Waals surface area contributed by atoms with Crippen molar-refractivity contribution in [3.63, 3.8) is 0 Å². The maximum absolute atomic E-state index is 6.78. The van der Waals surface area contributed by atoms with Gasteiger partial charge in [0.2, 0.25) is 0 Å². The summed E-state index contributed by atoms with van der Waals surface area (Å²) in [6.07, 6.45) is 1.77. The number of hydrogen-bond acceptors (Lipinski definition) is 5. The maximum Gasteiger partial charge on any atom is 0.0760 e. The molecule has 0 bridgehead atoms. The molecule has 0 aromatic carbocycles. The zero-order chi connectivity index (χ0) is 25.3. The third-order valence-corrected chi connectivity index (χ3v) is 6.64. The SMILES string of the molecule is CN(CC(C)(C)OC(C)(C)CC(C)(C)C(C)(C)OC(C)(C)CC(C)(C)CN)C(C)(C)N. The molecule has 0 heterocycles. The van der Waals surface area contributed by atoms with Crippen LogP contribution >= 0.6 is 0 Å². The monoisotopic (exact) mass is 443 g/mol. The van der Waals surface area contributed by atoms with Crippen LogP contribution in [0.1, 0.15) is 110 Å². The van der Waals surface area contributed by atoms with Crippen molar-refractivity contribution in [2.75, 3.05) is 20.1 Å². The summed E-state index contributed by atoms with van der Waals surface area (Å²) in [6.45, 7) is 31.8. The molecule has 0 aliphatic heterocycles. The molecule has 0 saturated heterocycles. The van der Waals surface area contributed by atoms with E-state index in [9.17, 15) is 0 Å². The summed E-state index contributed by atoms with van der Waals surface area (Å²) < 4.78 is 13.5. The minimum absolute atomic E-state index is 0.0406. The molecule has 0 aliphatic carbocycles.